The third kappa shape index (κ3) is 5.85. The standard InChI is InChI=1S/C15H25NO/c1-12(2)10-16-11-15(4,17)9-14-7-5-6-13(3)8-14/h5-8,12,16-17H,9-11H2,1-4H3. The van der Waals surface area contributed by atoms with Crippen molar-refractivity contribution in [2.24, 2.45) is 5.92 Å². The number of hydrogen-bond donors (Lipinski definition) is 2. The Bertz CT molecular complexity index is 345. The van der Waals surface area contributed by atoms with Gasteiger partial charge in [0.25, 0.3) is 0 Å². The van der Waals surface area contributed by atoms with Crippen LogP contribution in [0.15, 0.2) is 24.3 Å². The van der Waals surface area contributed by atoms with Gasteiger partial charge in [0.05, 0.1) is 5.60 Å². The van der Waals surface area contributed by atoms with Gasteiger partial charge in [-0.15, -0.1) is 0 Å². The highest BCUT2D eigenvalue weighted by atomic mass is 16.3. The van der Waals surface area contributed by atoms with Crippen LogP contribution in [0.25, 0.3) is 0 Å². The van der Waals surface area contributed by atoms with Crippen molar-refractivity contribution in [3.63, 3.8) is 0 Å². The van der Waals surface area contributed by atoms with E-state index in [2.05, 4.69) is 44.3 Å². The Kier molecular flexibility index (Phi) is 5.16. The summed E-state index contributed by atoms with van der Waals surface area (Å²) in [6.07, 6.45) is 0.694. The molecular formula is C15H25NO. The molecule has 1 rings (SSSR count). The van der Waals surface area contributed by atoms with Crippen LogP contribution in [0.1, 0.15) is 31.9 Å². The van der Waals surface area contributed by atoms with E-state index in [1.165, 1.54) is 11.1 Å². The van der Waals surface area contributed by atoms with Crippen LogP contribution in [-0.2, 0) is 6.42 Å². The van der Waals surface area contributed by atoms with Crippen LogP contribution >= 0.6 is 0 Å². The van der Waals surface area contributed by atoms with Crippen molar-refractivity contribution in [2.45, 2.75) is 39.7 Å². The van der Waals surface area contributed by atoms with Crippen LogP contribution in [0.3, 0.4) is 0 Å². The van der Waals surface area contributed by atoms with Crippen molar-refractivity contribution in [1.82, 2.24) is 5.32 Å². The van der Waals surface area contributed by atoms with Crippen molar-refractivity contribution in [3.8, 4) is 0 Å². The van der Waals surface area contributed by atoms with Gasteiger partial charge in [-0.1, -0.05) is 43.7 Å². The molecule has 2 N–H and O–H groups in total. The van der Waals surface area contributed by atoms with Gasteiger partial charge in [0.1, 0.15) is 0 Å². The highest BCUT2D eigenvalue weighted by Gasteiger charge is 2.20. The van der Waals surface area contributed by atoms with E-state index in [-0.39, 0.29) is 0 Å². The van der Waals surface area contributed by atoms with E-state index < -0.39 is 5.60 Å². The van der Waals surface area contributed by atoms with Crippen LogP contribution < -0.4 is 5.32 Å². The van der Waals surface area contributed by atoms with Gasteiger partial charge < -0.3 is 10.4 Å². The first-order valence-corrected chi connectivity index (χ1v) is 6.38. The molecule has 0 aliphatic carbocycles. The van der Waals surface area contributed by atoms with Gasteiger partial charge in [0.2, 0.25) is 0 Å². The molecule has 0 fully saturated rings. The minimum absolute atomic E-state index is 0.616. The first-order chi connectivity index (χ1) is 7.89. The zero-order valence-electron chi connectivity index (χ0n) is 11.5. The highest BCUT2D eigenvalue weighted by Crippen LogP contribution is 2.13. The first kappa shape index (κ1) is 14.2. The third-order valence-electron chi connectivity index (χ3n) is 2.73. The van der Waals surface area contributed by atoms with E-state index >= 15 is 0 Å². The number of aliphatic hydroxyl groups is 1. The molecule has 0 amide bonds. The molecule has 0 saturated heterocycles. The van der Waals surface area contributed by atoms with E-state index in [1.54, 1.807) is 0 Å². The maximum atomic E-state index is 10.3. The Labute approximate surface area is 105 Å². The van der Waals surface area contributed by atoms with Crippen LogP contribution in [0.2, 0.25) is 0 Å². The Balaban J connectivity index is 2.48. The Morgan fingerprint density at radius 3 is 2.65 bits per heavy atom. The van der Waals surface area contributed by atoms with Gasteiger partial charge in [-0.3, -0.25) is 0 Å². The molecule has 0 saturated carbocycles. The van der Waals surface area contributed by atoms with Gasteiger partial charge >= 0.3 is 0 Å². The van der Waals surface area contributed by atoms with Gasteiger partial charge in [-0.05, 0) is 31.9 Å². The zero-order valence-corrected chi connectivity index (χ0v) is 11.5. The molecule has 0 bridgehead atoms. The lowest BCUT2D eigenvalue weighted by Gasteiger charge is -2.24. The lowest BCUT2D eigenvalue weighted by Crippen LogP contribution is -2.40. The zero-order chi connectivity index (χ0) is 12.9. The average Bonchev–Trinajstić information content (AvgIpc) is 2.15. The third-order valence-corrected chi connectivity index (χ3v) is 2.73. The monoisotopic (exact) mass is 235 g/mol. The second kappa shape index (κ2) is 6.18. The van der Waals surface area contributed by atoms with E-state index in [4.69, 9.17) is 0 Å². The molecule has 1 atom stereocenters. The predicted octanol–water partition coefficient (Wildman–Crippen LogP) is 2.53. The Hall–Kier alpha value is -0.860. The lowest BCUT2D eigenvalue weighted by atomic mass is 9.95. The highest BCUT2D eigenvalue weighted by molar-refractivity contribution is 5.23. The molecule has 1 unspecified atom stereocenters. The maximum absolute atomic E-state index is 10.3. The van der Waals surface area contributed by atoms with Crippen molar-refractivity contribution >= 4 is 0 Å². The summed E-state index contributed by atoms with van der Waals surface area (Å²) >= 11 is 0. The molecular weight excluding hydrogens is 210 g/mol. The lowest BCUT2D eigenvalue weighted by molar-refractivity contribution is 0.0596. The van der Waals surface area contributed by atoms with Gasteiger partial charge in [-0.2, -0.15) is 0 Å². The molecule has 2 nitrogen and oxygen atoms in total. The van der Waals surface area contributed by atoms with Crippen LogP contribution in [0.4, 0.5) is 0 Å². The summed E-state index contributed by atoms with van der Waals surface area (Å²) in [7, 11) is 0. The van der Waals surface area contributed by atoms with Crippen molar-refractivity contribution in [1.29, 1.82) is 0 Å². The number of rotatable bonds is 6. The van der Waals surface area contributed by atoms with Crippen LogP contribution in [0, 0.1) is 12.8 Å². The molecule has 0 spiro atoms. The maximum Gasteiger partial charge on any atom is 0.0783 e. The number of benzene rings is 1. The fourth-order valence-electron chi connectivity index (χ4n) is 1.95. The number of hydrogen-bond acceptors (Lipinski definition) is 2. The number of aryl methyl sites for hydroxylation is 1. The summed E-state index contributed by atoms with van der Waals surface area (Å²) in [6.45, 7) is 9.89. The summed E-state index contributed by atoms with van der Waals surface area (Å²) in [4.78, 5) is 0. The van der Waals surface area contributed by atoms with Crippen LogP contribution in [-0.4, -0.2) is 23.8 Å². The van der Waals surface area contributed by atoms with Crippen molar-refractivity contribution in [3.05, 3.63) is 35.4 Å². The minimum atomic E-state index is -0.678. The van der Waals surface area contributed by atoms with Crippen molar-refractivity contribution in [2.75, 3.05) is 13.1 Å². The molecule has 0 aliphatic rings. The molecule has 17 heavy (non-hydrogen) atoms. The van der Waals surface area contributed by atoms with E-state index in [1.807, 2.05) is 13.0 Å². The molecule has 2 heteroatoms. The van der Waals surface area contributed by atoms with E-state index in [0.29, 0.717) is 18.9 Å². The minimum Gasteiger partial charge on any atom is -0.389 e. The van der Waals surface area contributed by atoms with E-state index in [9.17, 15) is 5.11 Å². The summed E-state index contributed by atoms with van der Waals surface area (Å²) in [5.41, 5.74) is 1.76. The Morgan fingerprint density at radius 2 is 2.06 bits per heavy atom. The summed E-state index contributed by atoms with van der Waals surface area (Å²) in [5, 5.41) is 13.6. The molecule has 0 heterocycles. The topological polar surface area (TPSA) is 32.3 Å². The molecule has 0 radical (unpaired) electrons. The summed E-state index contributed by atoms with van der Waals surface area (Å²) in [6, 6.07) is 8.33. The summed E-state index contributed by atoms with van der Waals surface area (Å²) < 4.78 is 0. The van der Waals surface area contributed by atoms with Gasteiger partial charge in [-0.25, -0.2) is 0 Å². The van der Waals surface area contributed by atoms with Crippen LogP contribution in [0.5, 0.6) is 0 Å². The van der Waals surface area contributed by atoms with Gasteiger partial charge in [0, 0.05) is 13.0 Å². The SMILES string of the molecule is Cc1cccc(CC(C)(O)CNCC(C)C)c1. The van der Waals surface area contributed by atoms with Crippen molar-refractivity contribution < 1.29 is 5.11 Å². The fraction of sp³-hybridized carbons (Fsp3) is 0.600. The first-order valence-electron chi connectivity index (χ1n) is 6.38. The summed E-state index contributed by atoms with van der Waals surface area (Å²) in [5.74, 6) is 0.616. The second-order valence-electron chi connectivity index (χ2n) is 5.69. The second-order valence-corrected chi connectivity index (χ2v) is 5.69. The van der Waals surface area contributed by atoms with Gasteiger partial charge in [0.15, 0.2) is 0 Å². The molecule has 1 aromatic carbocycles. The average molecular weight is 235 g/mol. The fourth-order valence-corrected chi connectivity index (χ4v) is 1.95. The van der Waals surface area contributed by atoms with E-state index in [0.717, 1.165) is 6.54 Å². The molecule has 0 aromatic heterocycles. The molecule has 96 valence electrons. The number of nitrogens with one attached hydrogen (secondary N) is 1. The predicted molar refractivity (Wildman–Crippen MR) is 73.2 cm³/mol. The smallest absolute Gasteiger partial charge is 0.0783 e. The quantitative estimate of drug-likeness (QED) is 0.794. The normalized spacial score (nSPS) is 14.9. The largest absolute Gasteiger partial charge is 0.389 e. The molecule has 0 aliphatic heterocycles. The molecule has 1 aromatic rings. The Morgan fingerprint density at radius 1 is 1.35 bits per heavy atom.